The number of carbonyl (C=O) groups is 4. The van der Waals surface area contributed by atoms with Gasteiger partial charge >= 0.3 is 0 Å². The van der Waals surface area contributed by atoms with Crippen LogP contribution in [0.1, 0.15) is 61.7 Å². The van der Waals surface area contributed by atoms with Gasteiger partial charge in [-0.25, -0.2) is 5.01 Å². The minimum atomic E-state index is -1.20. The van der Waals surface area contributed by atoms with E-state index < -0.39 is 41.4 Å². The zero-order valence-electron chi connectivity index (χ0n) is 22.4. The minimum Gasteiger partial charge on any atom is -0.292 e. The summed E-state index contributed by atoms with van der Waals surface area (Å²) < 4.78 is 0. The monoisotopic (exact) mass is 594 g/mol. The van der Waals surface area contributed by atoms with E-state index in [0.717, 1.165) is 32.3 Å². The molecule has 1 aliphatic heterocycles. The number of imide groups is 1. The van der Waals surface area contributed by atoms with Crippen molar-refractivity contribution in [1.82, 2.24) is 10.0 Å². The van der Waals surface area contributed by atoms with E-state index in [4.69, 9.17) is 23.2 Å². The van der Waals surface area contributed by atoms with Crippen molar-refractivity contribution >= 4 is 46.7 Å². The second kappa shape index (κ2) is 9.93. The van der Waals surface area contributed by atoms with Gasteiger partial charge < -0.3 is 0 Å². The first-order valence-corrected chi connectivity index (χ1v) is 14.5. The van der Waals surface area contributed by atoms with E-state index in [1.165, 1.54) is 13.0 Å². The zero-order valence-corrected chi connectivity index (χ0v) is 23.9. The van der Waals surface area contributed by atoms with Crippen molar-refractivity contribution in [2.24, 2.45) is 11.8 Å². The lowest BCUT2D eigenvalue weighted by Gasteiger charge is -2.45. The molecule has 4 aliphatic rings. The molecule has 1 fully saturated rings. The molecule has 0 spiro atoms. The molecule has 0 N–H and O–H groups in total. The van der Waals surface area contributed by atoms with E-state index in [-0.39, 0.29) is 22.4 Å². The van der Waals surface area contributed by atoms with Crippen molar-refractivity contribution in [3.8, 4) is 0 Å². The summed E-state index contributed by atoms with van der Waals surface area (Å²) in [5, 5.41) is 2.54. The Morgan fingerprint density at radius 1 is 0.690 bits per heavy atom. The first-order valence-electron chi connectivity index (χ1n) is 13.7. The molecule has 0 aromatic heterocycles. The molecule has 1 saturated heterocycles. The quantitative estimate of drug-likeness (QED) is 0.195. The largest absolute Gasteiger partial charge is 0.292 e. The predicted octanol–water partition coefficient (Wildman–Crippen LogP) is 6.51. The summed E-state index contributed by atoms with van der Waals surface area (Å²) in [5.74, 6) is -4.30. The summed E-state index contributed by atoms with van der Waals surface area (Å²) in [7, 11) is 0. The standard InChI is InChI=1S/C34H24Cl2N2O4/c1-18(31(39)19-14-16-20(35)17-15-19)37(32(40)25-12-6-7-13-26(25)36)38-33(41)29-27-21-8-2-3-9-22(21)28(30(29)34(38)42)24-11-5-4-10-23(24)27/h2-18,27-30H,1H3/t18-,27?,28?,29-,30-/m1/s1. The van der Waals surface area contributed by atoms with E-state index in [1.807, 2.05) is 48.5 Å². The summed E-state index contributed by atoms with van der Waals surface area (Å²) >= 11 is 12.5. The van der Waals surface area contributed by atoms with Crippen LogP contribution in [0.15, 0.2) is 97.1 Å². The van der Waals surface area contributed by atoms with Gasteiger partial charge in [0, 0.05) is 22.4 Å². The Morgan fingerprint density at radius 3 is 1.62 bits per heavy atom. The molecule has 208 valence electrons. The van der Waals surface area contributed by atoms with Gasteiger partial charge in [0.1, 0.15) is 6.04 Å². The molecular formula is C34H24Cl2N2O4. The van der Waals surface area contributed by atoms with Crippen LogP contribution in [-0.2, 0) is 9.59 Å². The van der Waals surface area contributed by atoms with Gasteiger partial charge in [0.15, 0.2) is 5.78 Å². The van der Waals surface area contributed by atoms with Crippen LogP contribution in [0.5, 0.6) is 0 Å². The van der Waals surface area contributed by atoms with Crippen molar-refractivity contribution in [2.45, 2.75) is 24.8 Å². The van der Waals surface area contributed by atoms with Crippen molar-refractivity contribution < 1.29 is 19.2 Å². The third kappa shape index (κ3) is 3.79. The molecule has 0 unspecified atom stereocenters. The van der Waals surface area contributed by atoms with Crippen molar-refractivity contribution in [3.05, 3.63) is 140 Å². The van der Waals surface area contributed by atoms with Gasteiger partial charge in [-0.1, -0.05) is 83.9 Å². The Morgan fingerprint density at radius 2 is 1.14 bits per heavy atom. The Labute approximate surface area is 252 Å². The topological polar surface area (TPSA) is 74.8 Å². The Bertz CT molecular complexity index is 1690. The third-order valence-electron chi connectivity index (χ3n) is 8.83. The number of ketones is 1. The van der Waals surface area contributed by atoms with E-state index in [9.17, 15) is 19.2 Å². The number of rotatable bonds is 5. The van der Waals surface area contributed by atoms with Crippen molar-refractivity contribution in [1.29, 1.82) is 0 Å². The molecule has 2 bridgehead atoms. The number of hydrazine groups is 1. The molecule has 4 aromatic rings. The van der Waals surface area contributed by atoms with Gasteiger partial charge in [0.2, 0.25) is 0 Å². The number of carbonyl (C=O) groups excluding carboxylic acids is 4. The zero-order chi connectivity index (χ0) is 29.3. The Kier molecular flexibility index (Phi) is 6.30. The van der Waals surface area contributed by atoms with Gasteiger partial charge in [-0.3, -0.25) is 19.2 Å². The number of hydrogen-bond acceptors (Lipinski definition) is 4. The van der Waals surface area contributed by atoms with Crippen molar-refractivity contribution in [3.63, 3.8) is 0 Å². The van der Waals surface area contributed by atoms with Crippen molar-refractivity contribution in [2.75, 3.05) is 0 Å². The first-order chi connectivity index (χ1) is 20.3. The average Bonchev–Trinajstić information content (AvgIpc) is 3.27. The average molecular weight is 595 g/mol. The third-order valence-corrected chi connectivity index (χ3v) is 9.41. The summed E-state index contributed by atoms with van der Waals surface area (Å²) in [6.07, 6.45) is 0. The van der Waals surface area contributed by atoms with Crippen LogP contribution in [-0.4, -0.2) is 39.6 Å². The molecule has 3 amide bonds. The lowest BCUT2D eigenvalue weighted by Crippen LogP contribution is -2.56. The maximum Gasteiger partial charge on any atom is 0.275 e. The lowest BCUT2D eigenvalue weighted by atomic mass is 9.55. The van der Waals surface area contributed by atoms with Crippen LogP contribution < -0.4 is 0 Å². The summed E-state index contributed by atoms with van der Waals surface area (Å²) in [4.78, 5) is 57.0. The molecule has 8 rings (SSSR count). The summed E-state index contributed by atoms with van der Waals surface area (Å²) in [6.45, 7) is 1.52. The fourth-order valence-electron chi connectivity index (χ4n) is 7.04. The van der Waals surface area contributed by atoms with Crippen LogP contribution in [0.3, 0.4) is 0 Å². The molecule has 0 radical (unpaired) electrons. The number of nitrogens with zero attached hydrogens (tertiary/aromatic N) is 2. The smallest absolute Gasteiger partial charge is 0.275 e. The second-order valence-electron chi connectivity index (χ2n) is 10.9. The van der Waals surface area contributed by atoms with Gasteiger partial charge in [-0.05, 0) is 65.6 Å². The van der Waals surface area contributed by atoms with Crippen LogP contribution in [0.25, 0.3) is 0 Å². The number of amides is 3. The fraction of sp³-hybridized carbons (Fsp3) is 0.176. The normalized spacial score (nSPS) is 22.3. The molecule has 3 atom stereocenters. The Hall–Kier alpha value is -4.26. The maximum absolute atomic E-state index is 14.5. The maximum atomic E-state index is 14.5. The number of benzene rings is 4. The van der Waals surface area contributed by atoms with Crippen LogP contribution >= 0.6 is 23.2 Å². The van der Waals surface area contributed by atoms with Crippen LogP contribution in [0, 0.1) is 11.8 Å². The number of halogens is 2. The summed E-state index contributed by atoms with van der Waals surface area (Å²) in [5.41, 5.74) is 4.43. The van der Waals surface area contributed by atoms with Crippen LogP contribution in [0.2, 0.25) is 10.0 Å². The van der Waals surface area contributed by atoms with E-state index in [2.05, 4.69) is 0 Å². The highest BCUT2D eigenvalue weighted by Gasteiger charge is 2.63. The molecule has 1 heterocycles. The van der Waals surface area contributed by atoms with Gasteiger partial charge in [0.25, 0.3) is 17.7 Å². The first kappa shape index (κ1) is 26.6. The lowest BCUT2D eigenvalue weighted by molar-refractivity contribution is -0.156. The molecule has 8 heteroatoms. The van der Waals surface area contributed by atoms with Gasteiger partial charge in [-0.2, -0.15) is 5.01 Å². The molecule has 4 aromatic carbocycles. The highest BCUT2D eigenvalue weighted by atomic mass is 35.5. The second-order valence-corrected chi connectivity index (χ2v) is 11.8. The van der Waals surface area contributed by atoms with E-state index >= 15 is 0 Å². The molecule has 3 aliphatic carbocycles. The van der Waals surface area contributed by atoms with Gasteiger partial charge in [0.05, 0.1) is 22.4 Å². The predicted molar refractivity (Wildman–Crippen MR) is 158 cm³/mol. The van der Waals surface area contributed by atoms with E-state index in [1.54, 1.807) is 42.5 Å². The highest BCUT2D eigenvalue weighted by molar-refractivity contribution is 6.34. The molecule has 42 heavy (non-hydrogen) atoms. The number of hydrogen-bond donors (Lipinski definition) is 0. The number of Topliss-reactive ketones (excluding diaryl/α,β-unsaturated/α-hetero) is 1. The molecule has 6 nitrogen and oxygen atoms in total. The van der Waals surface area contributed by atoms with E-state index in [0.29, 0.717) is 10.6 Å². The SMILES string of the molecule is C[C@H](C(=O)c1ccc(Cl)cc1)N(C(=O)c1ccccc1Cl)N1C(=O)[C@@H]2C3c4ccccc4C(c4ccccc43)[C@H]2C1=O. The Balaban J connectivity index is 1.36. The summed E-state index contributed by atoms with van der Waals surface area (Å²) in [6, 6.07) is 27.3. The van der Waals surface area contributed by atoms with Gasteiger partial charge in [-0.15, -0.1) is 0 Å². The molecule has 0 saturated carbocycles. The molecular weight excluding hydrogens is 571 g/mol. The minimum absolute atomic E-state index is 0.0833. The van der Waals surface area contributed by atoms with Crippen LogP contribution in [0.4, 0.5) is 0 Å². The highest BCUT2D eigenvalue weighted by Crippen LogP contribution is 2.61. The fourth-order valence-corrected chi connectivity index (χ4v) is 7.38.